The summed E-state index contributed by atoms with van der Waals surface area (Å²) in [4.78, 5) is 11.6. The third-order valence-electron chi connectivity index (χ3n) is 4.12. The molecular formula is C17H14FNO3. The van der Waals surface area contributed by atoms with Crippen LogP contribution in [-0.2, 0) is 16.9 Å². The van der Waals surface area contributed by atoms with Crippen molar-refractivity contribution < 1.29 is 18.7 Å². The lowest BCUT2D eigenvalue weighted by Crippen LogP contribution is -2.36. The van der Waals surface area contributed by atoms with Gasteiger partial charge in [0.2, 0.25) is 0 Å². The van der Waals surface area contributed by atoms with E-state index in [-0.39, 0.29) is 18.2 Å². The van der Waals surface area contributed by atoms with Gasteiger partial charge in [-0.1, -0.05) is 18.2 Å². The van der Waals surface area contributed by atoms with Crippen LogP contribution in [0, 0.1) is 5.82 Å². The zero-order chi connectivity index (χ0) is 15.5. The highest BCUT2D eigenvalue weighted by Gasteiger charge is 2.38. The number of hydrogen-bond donors (Lipinski definition) is 1. The second-order valence-corrected chi connectivity index (χ2v) is 5.94. The van der Waals surface area contributed by atoms with Crippen molar-refractivity contribution in [3.05, 3.63) is 47.3 Å². The van der Waals surface area contributed by atoms with Crippen LogP contribution in [0.3, 0.4) is 0 Å². The van der Waals surface area contributed by atoms with E-state index in [2.05, 4.69) is 5.32 Å². The van der Waals surface area contributed by atoms with Crippen molar-refractivity contribution in [3.63, 3.8) is 0 Å². The van der Waals surface area contributed by atoms with Crippen LogP contribution in [0.5, 0.6) is 5.75 Å². The normalized spacial score (nSPS) is 17.3. The Balaban J connectivity index is 2.00. The van der Waals surface area contributed by atoms with Gasteiger partial charge in [0.15, 0.2) is 11.6 Å². The number of anilines is 1. The largest absolute Gasteiger partial charge is 0.485 e. The summed E-state index contributed by atoms with van der Waals surface area (Å²) < 4.78 is 24.9. The van der Waals surface area contributed by atoms with E-state index in [9.17, 15) is 9.18 Å². The van der Waals surface area contributed by atoms with Crippen LogP contribution >= 0.6 is 0 Å². The van der Waals surface area contributed by atoms with E-state index in [1.165, 1.54) is 6.07 Å². The van der Waals surface area contributed by atoms with Crippen molar-refractivity contribution in [3.8, 4) is 16.9 Å². The van der Waals surface area contributed by atoms with Crippen LogP contribution < -0.4 is 10.1 Å². The maximum Gasteiger partial charge on any atom is 0.412 e. The Bertz CT molecular complexity index is 814. The lowest BCUT2D eigenvalue weighted by atomic mass is 9.84. The first-order chi connectivity index (χ1) is 10.5. The van der Waals surface area contributed by atoms with Gasteiger partial charge in [0.25, 0.3) is 0 Å². The summed E-state index contributed by atoms with van der Waals surface area (Å²) in [7, 11) is 0. The molecule has 1 N–H and O–H groups in total. The molecule has 0 fully saturated rings. The average molecular weight is 299 g/mol. The van der Waals surface area contributed by atoms with Gasteiger partial charge < -0.3 is 9.47 Å². The van der Waals surface area contributed by atoms with E-state index in [0.29, 0.717) is 5.69 Å². The maximum atomic E-state index is 13.9. The molecule has 0 radical (unpaired) electrons. The Morgan fingerprint density at radius 1 is 1.18 bits per heavy atom. The lowest BCUT2D eigenvalue weighted by Gasteiger charge is -2.36. The second kappa shape index (κ2) is 4.22. The minimum absolute atomic E-state index is 0.245. The highest BCUT2D eigenvalue weighted by molar-refractivity contribution is 5.91. The summed E-state index contributed by atoms with van der Waals surface area (Å²) in [6.07, 6.45) is -0.472. The molecule has 1 amide bonds. The first-order valence-corrected chi connectivity index (χ1v) is 7.05. The van der Waals surface area contributed by atoms with Gasteiger partial charge >= 0.3 is 6.09 Å². The number of carbonyl (C=O) groups is 1. The summed E-state index contributed by atoms with van der Waals surface area (Å²) in [6, 6.07) is 8.59. The first kappa shape index (κ1) is 13.1. The van der Waals surface area contributed by atoms with Gasteiger partial charge in [0.1, 0.15) is 12.2 Å². The Morgan fingerprint density at radius 2 is 2.00 bits per heavy atom. The minimum atomic E-state index is -0.767. The molecule has 2 aromatic carbocycles. The van der Waals surface area contributed by atoms with E-state index in [4.69, 9.17) is 9.47 Å². The van der Waals surface area contributed by atoms with E-state index in [1.807, 2.05) is 32.0 Å². The third kappa shape index (κ3) is 1.71. The fraction of sp³-hybridized carbons (Fsp3) is 0.235. The Labute approximate surface area is 126 Å². The van der Waals surface area contributed by atoms with Crippen molar-refractivity contribution in [1.29, 1.82) is 0 Å². The number of fused-ring (bicyclic) bond motifs is 5. The molecule has 0 aromatic heterocycles. The number of amides is 1. The quantitative estimate of drug-likeness (QED) is 0.793. The van der Waals surface area contributed by atoms with E-state index < -0.39 is 11.7 Å². The van der Waals surface area contributed by atoms with E-state index >= 15 is 0 Å². The van der Waals surface area contributed by atoms with Crippen molar-refractivity contribution in [2.75, 3.05) is 5.32 Å². The van der Waals surface area contributed by atoms with Gasteiger partial charge in [-0.2, -0.15) is 0 Å². The molecule has 0 unspecified atom stereocenters. The topological polar surface area (TPSA) is 47.6 Å². The number of benzene rings is 2. The molecule has 0 spiro atoms. The predicted octanol–water partition coefficient (Wildman–Crippen LogP) is 4.18. The summed E-state index contributed by atoms with van der Waals surface area (Å²) in [5.74, 6) is -0.0989. The number of ether oxygens (including phenoxy) is 2. The molecule has 2 aromatic rings. The first-order valence-electron chi connectivity index (χ1n) is 7.05. The van der Waals surface area contributed by atoms with Crippen molar-refractivity contribution >= 4 is 11.8 Å². The smallest absolute Gasteiger partial charge is 0.412 e. The molecule has 2 aliphatic rings. The van der Waals surface area contributed by atoms with Crippen LogP contribution in [0.2, 0.25) is 0 Å². The van der Waals surface area contributed by atoms with Crippen molar-refractivity contribution in [2.45, 2.75) is 26.1 Å². The molecule has 0 atom stereocenters. The fourth-order valence-electron chi connectivity index (χ4n) is 3.27. The number of cyclic esters (lactones) is 1. The Kier molecular flexibility index (Phi) is 2.52. The second-order valence-electron chi connectivity index (χ2n) is 5.94. The van der Waals surface area contributed by atoms with Crippen LogP contribution in [0.15, 0.2) is 30.3 Å². The molecule has 0 saturated heterocycles. The standard InChI is InChI=1S/C17H14FNO3/c1-17(2)14-11-8-21-15-10(4-3-5-12(15)18)9(11)6-7-13(14)19-16(20)22-17/h3-7H,8H2,1-2H3,(H,19,20). The monoisotopic (exact) mass is 299 g/mol. The predicted molar refractivity (Wildman–Crippen MR) is 79.3 cm³/mol. The van der Waals surface area contributed by atoms with Crippen LogP contribution in [0.4, 0.5) is 14.9 Å². The molecule has 2 heterocycles. The number of hydrogen-bond acceptors (Lipinski definition) is 3. The molecule has 4 nitrogen and oxygen atoms in total. The van der Waals surface area contributed by atoms with Gasteiger partial charge in [-0.3, -0.25) is 5.32 Å². The molecule has 112 valence electrons. The number of rotatable bonds is 0. The SMILES string of the molecule is CC1(C)OC(=O)Nc2ccc3c(c21)COc1c(F)cccc1-3. The Morgan fingerprint density at radius 3 is 2.82 bits per heavy atom. The molecular weight excluding hydrogens is 285 g/mol. The minimum Gasteiger partial charge on any atom is -0.485 e. The number of halogens is 1. The van der Waals surface area contributed by atoms with Gasteiger partial charge in [-0.05, 0) is 31.5 Å². The molecule has 22 heavy (non-hydrogen) atoms. The summed E-state index contributed by atoms with van der Waals surface area (Å²) >= 11 is 0. The molecule has 0 aliphatic carbocycles. The molecule has 2 aliphatic heterocycles. The third-order valence-corrected chi connectivity index (χ3v) is 4.12. The van der Waals surface area contributed by atoms with Crippen LogP contribution in [-0.4, -0.2) is 6.09 Å². The lowest BCUT2D eigenvalue weighted by molar-refractivity contribution is 0.0405. The van der Waals surface area contributed by atoms with Gasteiger partial charge in [0, 0.05) is 16.7 Å². The summed E-state index contributed by atoms with van der Waals surface area (Å²) in [5.41, 5.74) is 3.37. The van der Waals surface area contributed by atoms with Crippen molar-refractivity contribution in [2.24, 2.45) is 0 Å². The van der Waals surface area contributed by atoms with Crippen LogP contribution in [0.1, 0.15) is 25.0 Å². The highest BCUT2D eigenvalue weighted by atomic mass is 19.1. The molecule has 4 rings (SSSR count). The fourth-order valence-corrected chi connectivity index (χ4v) is 3.27. The Hall–Kier alpha value is -2.56. The van der Waals surface area contributed by atoms with Crippen LogP contribution in [0.25, 0.3) is 11.1 Å². The molecule has 0 saturated carbocycles. The summed E-state index contributed by atoms with van der Waals surface area (Å²) in [5, 5.41) is 2.71. The number of para-hydroxylation sites is 1. The van der Waals surface area contributed by atoms with E-state index in [1.54, 1.807) is 6.07 Å². The highest BCUT2D eigenvalue weighted by Crippen LogP contribution is 2.46. The maximum absolute atomic E-state index is 13.9. The number of nitrogens with one attached hydrogen (secondary N) is 1. The average Bonchev–Trinajstić information content (AvgIpc) is 2.45. The molecule has 5 heteroatoms. The van der Waals surface area contributed by atoms with Gasteiger partial charge in [-0.25, -0.2) is 9.18 Å². The molecule has 0 bridgehead atoms. The number of carbonyl (C=O) groups excluding carboxylic acids is 1. The summed E-state index contributed by atoms with van der Waals surface area (Å²) in [6.45, 7) is 3.92. The van der Waals surface area contributed by atoms with Gasteiger partial charge in [-0.15, -0.1) is 0 Å². The van der Waals surface area contributed by atoms with Crippen molar-refractivity contribution in [1.82, 2.24) is 0 Å². The van der Waals surface area contributed by atoms with E-state index in [0.717, 1.165) is 22.3 Å². The zero-order valence-corrected chi connectivity index (χ0v) is 12.2. The zero-order valence-electron chi connectivity index (χ0n) is 12.2. The van der Waals surface area contributed by atoms with Gasteiger partial charge in [0.05, 0.1) is 5.69 Å².